The first-order valence-corrected chi connectivity index (χ1v) is 10.7. The molecule has 0 aromatic heterocycles. The first kappa shape index (κ1) is 22.6. The summed E-state index contributed by atoms with van der Waals surface area (Å²) in [7, 11) is -1.29. The van der Waals surface area contributed by atoms with Crippen LogP contribution < -0.4 is 5.32 Å². The molecule has 1 amide bonds. The van der Waals surface area contributed by atoms with Crippen molar-refractivity contribution in [1.29, 1.82) is 0 Å². The smallest absolute Gasteiger partial charge is 0.337 e. The molecule has 8 nitrogen and oxygen atoms in total. The van der Waals surface area contributed by atoms with Crippen LogP contribution in [0.5, 0.6) is 0 Å². The van der Waals surface area contributed by atoms with Crippen molar-refractivity contribution < 1.29 is 32.3 Å². The fourth-order valence-electron chi connectivity index (χ4n) is 2.38. The van der Waals surface area contributed by atoms with E-state index in [4.69, 9.17) is 0 Å². The highest BCUT2D eigenvalue weighted by Gasteiger charge is 2.18. The third-order valence-corrected chi connectivity index (χ3v) is 6.09. The molecule has 2 aromatic carbocycles. The Hall–Kier alpha value is -2.72. The van der Waals surface area contributed by atoms with Gasteiger partial charge in [-0.05, 0) is 42.5 Å². The molecule has 0 saturated heterocycles. The molecule has 154 valence electrons. The van der Waals surface area contributed by atoms with E-state index in [9.17, 15) is 22.8 Å². The van der Waals surface area contributed by atoms with Gasteiger partial charge in [-0.25, -0.2) is 18.0 Å². The van der Waals surface area contributed by atoms with E-state index in [2.05, 4.69) is 30.7 Å². The van der Waals surface area contributed by atoms with Crippen LogP contribution in [0.15, 0.2) is 51.8 Å². The number of ether oxygens (including phenoxy) is 2. The van der Waals surface area contributed by atoms with Crippen LogP contribution in [-0.2, 0) is 24.1 Å². The number of methoxy groups -OCH3 is 2. The van der Waals surface area contributed by atoms with Gasteiger partial charge in [0.2, 0.25) is 5.91 Å². The lowest BCUT2D eigenvalue weighted by atomic mass is 10.1. The van der Waals surface area contributed by atoms with Gasteiger partial charge in [-0.1, -0.05) is 15.9 Å². The Kier molecular flexibility index (Phi) is 7.52. The van der Waals surface area contributed by atoms with Crippen LogP contribution in [0.3, 0.4) is 0 Å². The number of amides is 1. The first-order chi connectivity index (χ1) is 13.7. The van der Waals surface area contributed by atoms with Gasteiger partial charge in [0.05, 0.1) is 36.0 Å². The van der Waals surface area contributed by atoms with Crippen LogP contribution in [0, 0.1) is 0 Å². The Bertz CT molecular complexity index is 999. The zero-order chi connectivity index (χ0) is 21.6. The molecule has 0 saturated carbocycles. The molecule has 0 aliphatic rings. The molecule has 2 rings (SSSR count). The molecule has 0 atom stereocenters. The number of halogens is 1. The van der Waals surface area contributed by atoms with Crippen LogP contribution in [0.2, 0.25) is 0 Å². The lowest BCUT2D eigenvalue weighted by Gasteiger charge is -2.10. The van der Waals surface area contributed by atoms with Crippen molar-refractivity contribution >= 4 is 49.3 Å². The fourth-order valence-corrected chi connectivity index (χ4v) is 3.89. The van der Waals surface area contributed by atoms with Crippen LogP contribution in [0.4, 0.5) is 5.69 Å². The SMILES string of the molecule is COC(=O)c1cc(NC(=O)CCS(=O)(=O)c2ccc(Br)cc2)cc(C(=O)OC)c1. The summed E-state index contributed by atoms with van der Waals surface area (Å²) in [4.78, 5) is 35.9. The Labute approximate surface area is 176 Å². The van der Waals surface area contributed by atoms with E-state index in [1.807, 2.05) is 0 Å². The van der Waals surface area contributed by atoms with Crippen molar-refractivity contribution in [3.63, 3.8) is 0 Å². The van der Waals surface area contributed by atoms with Crippen molar-refractivity contribution in [2.45, 2.75) is 11.3 Å². The Morgan fingerprint density at radius 1 is 0.931 bits per heavy atom. The van der Waals surface area contributed by atoms with E-state index in [0.717, 1.165) is 4.47 Å². The first-order valence-electron chi connectivity index (χ1n) is 8.26. The summed E-state index contributed by atoms with van der Waals surface area (Å²) in [6, 6.07) is 9.99. The zero-order valence-electron chi connectivity index (χ0n) is 15.6. The van der Waals surface area contributed by atoms with E-state index in [1.54, 1.807) is 12.1 Å². The maximum absolute atomic E-state index is 12.3. The lowest BCUT2D eigenvalue weighted by molar-refractivity contribution is -0.115. The number of anilines is 1. The molecule has 10 heteroatoms. The third kappa shape index (κ3) is 6.13. The second-order valence-electron chi connectivity index (χ2n) is 5.85. The molecule has 0 radical (unpaired) electrons. The lowest BCUT2D eigenvalue weighted by Crippen LogP contribution is -2.18. The topological polar surface area (TPSA) is 116 Å². The molecule has 0 fully saturated rings. The van der Waals surface area contributed by atoms with E-state index < -0.39 is 33.4 Å². The number of carbonyl (C=O) groups excluding carboxylic acids is 3. The van der Waals surface area contributed by atoms with E-state index in [-0.39, 0.29) is 28.1 Å². The highest BCUT2D eigenvalue weighted by Crippen LogP contribution is 2.19. The van der Waals surface area contributed by atoms with Gasteiger partial charge >= 0.3 is 11.9 Å². The number of carbonyl (C=O) groups is 3. The number of esters is 2. The second kappa shape index (κ2) is 9.66. The Morgan fingerprint density at radius 2 is 1.45 bits per heavy atom. The van der Waals surface area contributed by atoms with E-state index in [0.29, 0.717) is 0 Å². The van der Waals surface area contributed by atoms with Crippen molar-refractivity contribution in [3.05, 3.63) is 58.1 Å². The van der Waals surface area contributed by atoms with Crippen molar-refractivity contribution in [2.75, 3.05) is 25.3 Å². The molecule has 0 aliphatic heterocycles. The van der Waals surface area contributed by atoms with Gasteiger partial charge in [0.1, 0.15) is 0 Å². The highest BCUT2D eigenvalue weighted by atomic mass is 79.9. The second-order valence-corrected chi connectivity index (χ2v) is 8.88. The molecule has 0 unspecified atom stereocenters. The molecule has 0 heterocycles. The fraction of sp³-hybridized carbons (Fsp3) is 0.211. The number of hydrogen-bond donors (Lipinski definition) is 1. The summed E-state index contributed by atoms with van der Waals surface area (Å²) in [5.74, 6) is -2.40. The van der Waals surface area contributed by atoms with Crippen LogP contribution in [-0.4, -0.2) is 46.2 Å². The minimum absolute atomic E-state index is 0.0354. The quantitative estimate of drug-likeness (QED) is 0.601. The number of nitrogens with one attached hydrogen (secondary N) is 1. The Morgan fingerprint density at radius 3 is 1.93 bits per heavy atom. The standard InChI is InChI=1S/C19H18BrNO7S/c1-27-18(23)12-9-13(19(24)28-2)11-15(10-12)21-17(22)7-8-29(25,26)16-5-3-14(20)4-6-16/h3-6,9-11H,7-8H2,1-2H3,(H,21,22). The number of hydrogen-bond acceptors (Lipinski definition) is 7. The molecule has 1 N–H and O–H groups in total. The maximum atomic E-state index is 12.3. The predicted octanol–water partition coefficient (Wildman–Crippen LogP) is 2.82. The van der Waals surface area contributed by atoms with Crippen molar-refractivity contribution in [2.24, 2.45) is 0 Å². The molecule has 0 aliphatic carbocycles. The third-order valence-electron chi connectivity index (χ3n) is 3.83. The maximum Gasteiger partial charge on any atom is 0.337 e. The van der Waals surface area contributed by atoms with Crippen LogP contribution >= 0.6 is 15.9 Å². The molecule has 0 spiro atoms. The van der Waals surface area contributed by atoms with Crippen LogP contribution in [0.25, 0.3) is 0 Å². The summed E-state index contributed by atoms with van der Waals surface area (Å²) in [6.07, 6.45) is -0.311. The zero-order valence-corrected chi connectivity index (χ0v) is 18.0. The van der Waals surface area contributed by atoms with E-state index in [1.165, 1.54) is 44.6 Å². The summed E-state index contributed by atoms with van der Waals surface area (Å²) in [5, 5.41) is 2.49. The minimum Gasteiger partial charge on any atom is -0.465 e. The largest absolute Gasteiger partial charge is 0.465 e. The molecule has 0 bridgehead atoms. The van der Waals surface area contributed by atoms with Crippen LogP contribution in [0.1, 0.15) is 27.1 Å². The van der Waals surface area contributed by atoms with Crippen molar-refractivity contribution in [1.82, 2.24) is 0 Å². The monoisotopic (exact) mass is 483 g/mol. The molecular weight excluding hydrogens is 466 g/mol. The van der Waals surface area contributed by atoms with E-state index >= 15 is 0 Å². The van der Waals surface area contributed by atoms with Gasteiger partial charge < -0.3 is 14.8 Å². The van der Waals surface area contributed by atoms with Gasteiger partial charge in [-0.3, -0.25) is 4.79 Å². The summed E-state index contributed by atoms with van der Waals surface area (Å²) < 4.78 is 34.7. The van der Waals surface area contributed by atoms with Gasteiger partial charge in [-0.15, -0.1) is 0 Å². The van der Waals surface area contributed by atoms with Gasteiger partial charge in [0, 0.05) is 16.6 Å². The summed E-state index contributed by atoms with van der Waals surface area (Å²) in [6.45, 7) is 0. The normalized spacial score (nSPS) is 10.9. The molecular formula is C19H18BrNO7S. The predicted molar refractivity (Wildman–Crippen MR) is 109 cm³/mol. The molecule has 29 heavy (non-hydrogen) atoms. The Balaban J connectivity index is 2.14. The highest BCUT2D eigenvalue weighted by molar-refractivity contribution is 9.10. The van der Waals surface area contributed by atoms with Gasteiger partial charge in [0.15, 0.2) is 9.84 Å². The number of rotatable bonds is 7. The summed E-state index contributed by atoms with van der Waals surface area (Å²) >= 11 is 3.23. The van der Waals surface area contributed by atoms with Gasteiger partial charge in [0.25, 0.3) is 0 Å². The number of sulfone groups is 1. The van der Waals surface area contributed by atoms with Gasteiger partial charge in [-0.2, -0.15) is 0 Å². The van der Waals surface area contributed by atoms with Crippen molar-refractivity contribution in [3.8, 4) is 0 Å². The summed E-state index contributed by atoms with van der Waals surface area (Å²) in [5.41, 5.74) is 0.209. The minimum atomic E-state index is -3.65. The molecule has 2 aromatic rings. The average molecular weight is 484 g/mol. The number of benzene rings is 2. The average Bonchev–Trinajstić information content (AvgIpc) is 2.71.